The molecule has 2 rings (SSSR count). The number of nitrogens with one attached hydrogen (secondary N) is 2. The number of aliphatic imine (C=N–C) groups is 1. The Morgan fingerprint density at radius 1 is 1.52 bits per heavy atom. The molecule has 118 valence electrons. The average Bonchev–Trinajstić information content (AvgIpc) is 2.87. The number of rotatable bonds is 4. The molecule has 5 nitrogen and oxygen atoms in total. The zero-order chi connectivity index (χ0) is 15.7. The number of hydrogen-bond donors (Lipinski definition) is 2. The minimum atomic E-state index is -0.0735. The Kier molecular flexibility index (Phi) is 4.58. The van der Waals surface area contributed by atoms with Crippen molar-refractivity contribution in [3.8, 4) is 0 Å². The van der Waals surface area contributed by atoms with Gasteiger partial charge in [0, 0.05) is 36.7 Å². The number of guanidine groups is 1. The van der Waals surface area contributed by atoms with Gasteiger partial charge in [-0.15, -0.1) is 11.3 Å². The summed E-state index contributed by atoms with van der Waals surface area (Å²) in [6, 6.07) is 0.353. The van der Waals surface area contributed by atoms with Crippen LogP contribution in [-0.2, 0) is 11.3 Å². The van der Waals surface area contributed by atoms with Gasteiger partial charge in [-0.2, -0.15) is 0 Å². The lowest BCUT2D eigenvalue weighted by molar-refractivity contribution is -0.176. The number of methoxy groups -OCH3 is 1. The molecule has 0 aromatic carbocycles. The largest absolute Gasteiger partial charge is 0.378 e. The number of ether oxygens (including phenoxy) is 1. The van der Waals surface area contributed by atoms with Crippen LogP contribution in [0.4, 0.5) is 0 Å². The Morgan fingerprint density at radius 2 is 2.24 bits per heavy atom. The van der Waals surface area contributed by atoms with E-state index in [1.54, 1.807) is 25.5 Å². The van der Waals surface area contributed by atoms with E-state index < -0.39 is 0 Å². The summed E-state index contributed by atoms with van der Waals surface area (Å²) in [5, 5.41) is 7.90. The highest BCUT2D eigenvalue weighted by Crippen LogP contribution is 2.51. The summed E-state index contributed by atoms with van der Waals surface area (Å²) in [5.74, 6) is 0.819. The van der Waals surface area contributed by atoms with Crippen LogP contribution in [-0.4, -0.2) is 36.7 Å². The molecule has 1 aliphatic carbocycles. The number of thiazole rings is 1. The lowest BCUT2D eigenvalue weighted by Crippen LogP contribution is -2.69. The van der Waals surface area contributed by atoms with Crippen LogP contribution in [0.5, 0.6) is 0 Å². The van der Waals surface area contributed by atoms with Crippen LogP contribution >= 0.6 is 11.3 Å². The summed E-state index contributed by atoms with van der Waals surface area (Å²) >= 11 is 1.71. The summed E-state index contributed by atoms with van der Waals surface area (Å²) in [6.45, 7) is 9.40. The van der Waals surface area contributed by atoms with Crippen LogP contribution < -0.4 is 10.6 Å². The molecule has 2 unspecified atom stereocenters. The van der Waals surface area contributed by atoms with Gasteiger partial charge in [0.1, 0.15) is 5.01 Å². The molecule has 21 heavy (non-hydrogen) atoms. The summed E-state index contributed by atoms with van der Waals surface area (Å²) in [4.78, 5) is 9.88. The van der Waals surface area contributed by atoms with Crippen molar-refractivity contribution < 1.29 is 4.74 Å². The summed E-state index contributed by atoms with van der Waals surface area (Å²) in [5.41, 5.74) is -0.00687. The molecule has 2 atom stereocenters. The Labute approximate surface area is 131 Å². The molecule has 1 saturated carbocycles. The molecule has 0 saturated heterocycles. The first kappa shape index (κ1) is 16.2. The maximum Gasteiger partial charge on any atom is 0.191 e. The molecule has 0 spiro atoms. The smallest absolute Gasteiger partial charge is 0.191 e. The second-order valence-electron chi connectivity index (χ2n) is 6.35. The van der Waals surface area contributed by atoms with Gasteiger partial charge in [0.25, 0.3) is 0 Å². The highest BCUT2D eigenvalue weighted by Gasteiger charge is 2.58. The van der Waals surface area contributed by atoms with Crippen molar-refractivity contribution in [2.24, 2.45) is 10.4 Å². The van der Waals surface area contributed by atoms with Crippen LogP contribution in [0.25, 0.3) is 0 Å². The lowest BCUT2D eigenvalue weighted by Gasteiger charge is -2.59. The van der Waals surface area contributed by atoms with E-state index in [9.17, 15) is 0 Å². The van der Waals surface area contributed by atoms with Crippen molar-refractivity contribution in [3.63, 3.8) is 0 Å². The fourth-order valence-corrected chi connectivity index (χ4v) is 3.45. The third kappa shape index (κ3) is 3.06. The van der Waals surface area contributed by atoms with Gasteiger partial charge in [-0.3, -0.25) is 4.99 Å². The molecule has 0 amide bonds. The molecular formula is C15H26N4OS. The number of aromatic nitrogens is 1. The van der Waals surface area contributed by atoms with Gasteiger partial charge in [0.05, 0.1) is 12.1 Å². The highest BCUT2D eigenvalue weighted by molar-refractivity contribution is 7.11. The van der Waals surface area contributed by atoms with E-state index in [1.807, 2.05) is 6.20 Å². The quantitative estimate of drug-likeness (QED) is 0.662. The third-order valence-corrected chi connectivity index (χ3v) is 5.80. The van der Waals surface area contributed by atoms with Crippen LogP contribution in [0.2, 0.25) is 0 Å². The fourth-order valence-electron chi connectivity index (χ4n) is 2.73. The number of nitrogens with zero attached hydrogens (tertiary/aromatic N) is 2. The van der Waals surface area contributed by atoms with E-state index in [0.29, 0.717) is 12.6 Å². The molecule has 1 aromatic rings. The van der Waals surface area contributed by atoms with Gasteiger partial charge in [-0.25, -0.2) is 4.98 Å². The monoisotopic (exact) mass is 310 g/mol. The molecule has 1 aliphatic rings. The lowest BCUT2D eigenvalue weighted by atomic mass is 9.56. The topological polar surface area (TPSA) is 58.5 Å². The zero-order valence-electron chi connectivity index (χ0n) is 13.8. The molecule has 0 bridgehead atoms. The number of hydrogen-bond acceptors (Lipinski definition) is 4. The van der Waals surface area contributed by atoms with Crippen molar-refractivity contribution in [3.05, 3.63) is 16.1 Å². The summed E-state index contributed by atoms with van der Waals surface area (Å²) < 4.78 is 5.66. The Hall–Kier alpha value is -1.14. The molecule has 1 heterocycles. The SMILES string of the molecule is CN=C(NCc1ncc(C)s1)NC1CC(C)(OC)C1(C)C. The van der Waals surface area contributed by atoms with Crippen LogP contribution in [0, 0.1) is 12.3 Å². The standard InChI is InChI=1S/C15H26N4OS/c1-10-8-17-12(21-10)9-18-13(16-5)19-11-7-15(4,20-6)14(11,2)3/h8,11H,7,9H2,1-6H3,(H2,16,18,19). The minimum Gasteiger partial charge on any atom is -0.378 e. The van der Waals surface area contributed by atoms with E-state index in [4.69, 9.17) is 4.74 Å². The Morgan fingerprint density at radius 3 is 2.71 bits per heavy atom. The van der Waals surface area contributed by atoms with Gasteiger partial charge in [0.2, 0.25) is 0 Å². The van der Waals surface area contributed by atoms with E-state index in [1.165, 1.54) is 4.88 Å². The van der Waals surface area contributed by atoms with E-state index in [2.05, 4.69) is 48.3 Å². The fraction of sp³-hybridized carbons (Fsp3) is 0.733. The van der Waals surface area contributed by atoms with Gasteiger partial charge in [-0.1, -0.05) is 13.8 Å². The van der Waals surface area contributed by atoms with Crippen molar-refractivity contribution in [2.45, 2.75) is 52.3 Å². The maximum absolute atomic E-state index is 5.66. The van der Waals surface area contributed by atoms with Crippen LogP contribution in [0.1, 0.15) is 37.1 Å². The second-order valence-corrected chi connectivity index (χ2v) is 7.67. The molecule has 6 heteroatoms. The second kappa shape index (κ2) is 5.93. The first-order chi connectivity index (χ1) is 9.82. The molecule has 1 aromatic heterocycles. The molecule has 0 aliphatic heterocycles. The summed E-state index contributed by atoms with van der Waals surface area (Å²) in [6.07, 6.45) is 2.88. The first-order valence-electron chi connectivity index (χ1n) is 7.26. The Balaban J connectivity index is 1.89. The zero-order valence-corrected chi connectivity index (χ0v) is 14.6. The van der Waals surface area contributed by atoms with Crippen molar-refractivity contribution in [1.82, 2.24) is 15.6 Å². The van der Waals surface area contributed by atoms with Gasteiger partial charge in [0.15, 0.2) is 5.96 Å². The predicted molar refractivity (Wildman–Crippen MR) is 87.8 cm³/mol. The third-order valence-electron chi connectivity index (χ3n) is 4.89. The van der Waals surface area contributed by atoms with Crippen molar-refractivity contribution in [2.75, 3.05) is 14.2 Å². The summed E-state index contributed by atoms with van der Waals surface area (Å²) in [7, 11) is 3.58. The van der Waals surface area contributed by atoms with Crippen molar-refractivity contribution in [1.29, 1.82) is 0 Å². The molecule has 0 radical (unpaired) electrons. The van der Waals surface area contributed by atoms with E-state index in [0.717, 1.165) is 17.4 Å². The maximum atomic E-state index is 5.66. The minimum absolute atomic E-state index is 0.0666. The first-order valence-corrected chi connectivity index (χ1v) is 8.07. The highest BCUT2D eigenvalue weighted by atomic mass is 32.1. The molecule has 1 fully saturated rings. The van der Waals surface area contributed by atoms with E-state index >= 15 is 0 Å². The van der Waals surface area contributed by atoms with E-state index in [-0.39, 0.29) is 11.0 Å². The van der Waals surface area contributed by atoms with Crippen LogP contribution in [0.15, 0.2) is 11.2 Å². The van der Waals surface area contributed by atoms with Crippen molar-refractivity contribution >= 4 is 17.3 Å². The van der Waals surface area contributed by atoms with Gasteiger partial charge >= 0.3 is 0 Å². The van der Waals surface area contributed by atoms with Gasteiger partial charge in [-0.05, 0) is 20.3 Å². The molecular weight excluding hydrogens is 284 g/mol. The predicted octanol–water partition coefficient (Wildman–Crippen LogP) is 2.32. The molecule has 2 N–H and O–H groups in total. The number of aryl methyl sites for hydroxylation is 1. The normalized spacial score (nSPS) is 28.1. The average molecular weight is 310 g/mol. The Bertz CT molecular complexity index is 525. The van der Waals surface area contributed by atoms with Crippen LogP contribution in [0.3, 0.4) is 0 Å². The van der Waals surface area contributed by atoms with Gasteiger partial charge < -0.3 is 15.4 Å².